The van der Waals surface area contributed by atoms with E-state index in [-0.39, 0.29) is 19.6 Å². The molecule has 2 atom stereocenters. The maximum absolute atomic E-state index is 8.99. The fourth-order valence-corrected chi connectivity index (χ4v) is 1.12. The molecule has 0 bridgehead atoms. The maximum Gasteiger partial charge on any atom is 0.0665 e. The van der Waals surface area contributed by atoms with Crippen LogP contribution in [0.5, 0.6) is 0 Å². The summed E-state index contributed by atoms with van der Waals surface area (Å²) in [6.07, 6.45) is 2.19. The third-order valence-electron chi connectivity index (χ3n) is 1.68. The van der Waals surface area contributed by atoms with Crippen molar-refractivity contribution in [1.29, 1.82) is 0 Å². The SMILES string of the molecule is CC(O)C1CCCN1.S. The Labute approximate surface area is 63.1 Å². The Kier molecular flexibility index (Phi) is 4.27. The van der Waals surface area contributed by atoms with E-state index < -0.39 is 0 Å². The summed E-state index contributed by atoms with van der Waals surface area (Å²) in [6, 6.07) is 0.370. The summed E-state index contributed by atoms with van der Waals surface area (Å²) < 4.78 is 0. The van der Waals surface area contributed by atoms with Crippen molar-refractivity contribution in [3.05, 3.63) is 0 Å². The number of hydrogen-bond acceptors (Lipinski definition) is 2. The normalized spacial score (nSPS) is 29.3. The minimum Gasteiger partial charge on any atom is -0.392 e. The fraction of sp³-hybridized carbons (Fsp3) is 1.00. The van der Waals surface area contributed by atoms with Gasteiger partial charge < -0.3 is 10.4 Å². The van der Waals surface area contributed by atoms with Gasteiger partial charge in [0.15, 0.2) is 0 Å². The average molecular weight is 149 g/mol. The molecule has 56 valence electrons. The molecule has 2 unspecified atom stereocenters. The van der Waals surface area contributed by atoms with Crippen molar-refractivity contribution < 1.29 is 5.11 Å². The molecule has 0 radical (unpaired) electrons. The van der Waals surface area contributed by atoms with Gasteiger partial charge in [-0.05, 0) is 26.3 Å². The third-order valence-corrected chi connectivity index (χ3v) is 1.68. The molecule has 1 saturated heterocycles. The smallest absolute Gasteiger partial charge is 0.0665 e. The van der Waals surface area contributed by atoms with E-state index in [0.717, 1.165) is 13.0 Å². The fourth-order valence-electron chi connectivity index (χ4n) is 1.12. The Morgan fingerprint density at radius 2 is 2.33 bits per heavy atom. The van der Waals surface area contributed by atoms with Crippen LogP contribution in [0, 0.1) is 0 Å². The molecule has 9 heavy (non-hydrogen) atoms. The third kappa shape index (κ3) is 2.56. The molecule has 1 heterocycles. The van der Waals surface area contributed by atoms with Gasteiger partial charge >= 0.3 is 0 Å². The second-order valence-corrected chi connectivity index (χ2v) is 2.44. The Hall–Kier alpha value is 0.270. The predicted molar refractivity (Wildman–Crippen MR) is 43.1 cm³/mol. The lowest BCUT2D eigenvalue weighted by Gasteiger charge is -2.11. The van der Waals surface area contributed by atoms with Gasteiger partial charge in [0, 0.05) is 6.04 Å². The van der Waals surface area contributed by atoms with Crippen molar-refractivity contribution in [2.45, 2.75) is 31.9 Å². The van der Waals surface area contributed by atoms with Crippen LogP contribution in [0.1, 0.15) is 19.8 Å². The zero-order chi connectivity index (χ0) is 5.98. The summed E-state index contributed by atoms with van der Waals surface area (Å²) in [7, 11) is 0. The van der Waals surface area contributed by atoms with Gasteiger partial charge in [-0.15, -0.1) is 0 Å². The molecule has 1 rings (SSSR count). The molecule has 1 aliphatic heterocycles. The van der Waals surface area contributed by atoms with Crippen molar-refractivity contribution >= 4 is 13.5 Å². The van der Waals surface area contributed by atoms with Crippen molar-refractivity contribution in [3.63, 3.8) is 0 Å². The molecule has 0 amide bonds. The highest BCUT2D eigenvalue weighted by atomic mass is 32.1. The minimum absolute atomic E-state index is 0. The van der Waals surface area contributed by atoms with Crippen LogP contribution >= 0.6 is 13.5 Å². The van der Waals surface area contributed by atoms with E-state index in [0.29, 0.717) is 6.04 Å². The molecule has 0 spiro atoms. The number of rotatable bonds is 1. The van der Waals surface area contributed by atoms with Crippen LogP contribution in [-0.4, -0.2) is 23.8 Å². The first-order chi connectivity index (χ1) is 3.80. The Balaban J connectivity index is 0.000000640. The molecule has 0 aromatic carbocycles. The summed E-state index contributed by atoms with van der Waals surface area (Å²) in [6.45, 7) is 2.92. The van der Waals surface area contributed by atoms with E-state index in [2.05, 4.69) is 5.32 Å². The van der Waals surface area contributed by atoms with Gasteiger partial charge in [-0.3, -0.25) is 0 Å². The average Bonchev–Trinajstić information content (AvgIpc) is 2.12. The van der Waals surface area contributed by atoms with Gasteiger partial charge in [0.1, 0.15) is 0 Å². The first kappa shape index (κ1) is 9.27. The van der Waals surface area contributed by atoms with Gasteiger partial charge in [-0.2, -0.15) is 13.5 Å². The molecule has 1 fully saturated rings. The number of nitrogens with one attached hydrogen (secondary N) is 1. The molecule has 0 aliphatic carbocycles. The largest absolute Gasteiger partial charge is 0.392 e. The van der Waals surface area contributed by atoms with Crippen molar-refractivity contribution in [3.8, 4) is 0 Å². The van der Waals surface area contributed by atoms with Crippen molar-refractivity contribution in [1.82, 2.24) is 5.32 Å². The molecule has 0 aromatic heterocycles. The Morgan fingerprint density at radius 3 is 2.56 bits per heavy atom. The van der Waals surface area contributed by atoms with E-state index in [1.807, 2.05) is 6.92 Å². The first-order valence-electron chi connectivity index (χ1n) is 3.22. The van der Waals surface area contributed by atoms with E-state index in [1.54, 1.807) is 0 Å². The highest BCUT2D eigenvalue weighted by molar-refractivity contribution is 7.59. The molecular formula is C6H15NOS. The van der Waals surface area contributed by atoms with Crippen molar-refractivity contribution in [2.75, 3.05) is 6.54 Å². The van der Waals surface area contributed by atoms with E-state index in [9.17, 15) is 0 Å². The zero-order valence-electron chi connectivity index (χ0n) is 5.72. The van der Waals surface area contributed by atoms with Crippen LogP contribution < -0.4 is 5.32 Å². The van der Waals surface area contributed by atoms with Crippen LogP contribution in [0.4, 0.5) is 0 Å². The maximum atomic E-state index is 8.99. The van der Waals surface area contributed by atoms with Gasteiger partial charge in [-0.25, -0.2) is 0 Å². The molecule has 3 heteroatoms. The summed E-state index contributed by atoms with van der Waals surface area (Å²) in [4.78, 5) is 0. The van der Waals surface area contributed by atoms with Crippen LogP contribution in [0.2, 0.25) is 0 Å². The number of aliphatic hydroxyl groups excluding tert-OH is 1. The highest BCUT2D eigenvalue weighted by Gasteiger charge is 2.17. The lowest BCUT2D eigenvalue weighted by Crippen LogP contribution is -2.32. The van der Waals surface area contributed by atoms with E-state index >= 15 is 0 Å². The van der Waals surface area contributed by atoms with Crippen LogP contribution in [-0.2, 0) is 0 Å². The minimum atomic E-state index is -0.169. The van der Waals surface area contributed by atoms with Crippen molar-refractivity contribution in [2.24, 2.45) is 0 Å². The summed E-state index contributed by atoms with van der Waals surface area (Å²) in [5.41, 5.74) is 0. The summed E-state index contributed by atoms with van der Waals surface area (Å²) >= 11 is 0. The molecule has 2 N–H and O–H groups in total. The Morgan fingerprint density at radius 1 is 1.67 bits per heavy atom. The lowest BCUT2D eigenvalue weighted by atomic mass is 10.1. The monoisotopic (exact) mass is 149 g/mol. The quantitative estimate of drug-likeness (QED) is 0.559. The molecule has 0 saturated carbocycles. The van der Waals surface area contributed by atoms with Gasteiger partial charge in [0.05, 0.1) is 6.10 Å². The van der Waals surface area contributed by atoms with Crippen LogP contribution in [0.15, 0.2) is 0 Å². The first-order valence-corrected chi connectivity index (χ1v) is 3.22. The summed E-state index contributed by atoms with van der Waals surface area (Å²) in [5.74, 6) is 0. The molecule has 1 aliphatic rings. The Bertz CT molecular complexity index is 71.5. The standard InChI is InChI=1S/C6H13NO.H2S/c1-5(8)6-3-2-4-7-6;/h5-8H,2-4H2,1H3;1H2. The number of hydrogen-bond donors (Lipinski definition) is 2. The second kappa shape index (κ2) is 4.14. The highest BCUT2D eigenvalue weighted by Crippen LogP contribution is 2.07. The van der Waals surface area contributed by atoms with E-state index in [4.69, 9.17) is 5.11 Å². The molecular weight excluding hydrogens is 134 g/mol. The van der Waals surface area contributed by atoms with Gasteiger partial charge in [-0.1, -0.05) is 0 Å². The van der Waals surface area contributed by atoms with E-state index in [1.165, 1.54) is 6.42 Å². The number of aliphatic hydroxyl groups is 1. The zero-order valence-corrected chi connectivity index (χ0v) is 6.72. The molecule has 2 nitrogen and oxygen atoms in total. The second-order valence-electron chi connectivity index (χ2n) is 2.44. The topological polar surface area (TPSA) is 32.3 Å². The van der Waals surface area contributed by atoms with Crippen LogP contribution in [0.25, 0.3) is 0 Å². The van der Waals surface area contributed by atoms with Gasteiger partial charge in [0.25, 0.3) is 0 Å². The lowest BCUT2D eigenvalue weighted by molar-refractivity contribution is 0.154. The summed E-state index contributed by atoms with van der Waals surface area (Å²) in [5, 5.41) is 12.2. The predicted octanol–water partition coefficient (Wildman–Crippen LogP) is 0.232. The van der Waals surface area contributed by atoms with Crippen LogP contribution in [0.3, 0.4) is 0 Å². The molecule has 0 aromatic rings. The van der Waals surface area contributed by atoms with Gasteiger partial charge in [0.2, 0.25) is 0 Å².